The van der Waals surface area contributed by atoms with E-state index in [1.807, 2.05) is 24.3 Å². The third-order valence-electron chi connectivity index (χ3n) is 8.01. The molecule has 54 heavy (non-hydrogen) atoms. The van der Waals surface area contributed by atoms with Crippen LogP contribution < -0.4 is 0 Å². The van der Waals surface area contributed by atoms with Crippen LogP contribution in [0.5, 0.6) is 0 Å². The Balaban J connectivity index is 0.978. The van der Waals surface area contributed by atoms with Crippen LogP contribution in [0.15, 0.2) is 48.5 Å². The summed E-state index contributed by atoms with van der Waals surface area (Å²) in [6, 6.07) is 16.6. The molecule has 0 atom stereocenters. The van der Waals surface area contributed by atoms with Crippen molar-refractivity contribution >= 4 is 12.1 Å². The van der Waals surface area contributed by atoms with Gasteiger partial charge < -0.3 is 61.7 Å². The van der Waals surface area contributed by atoms with Gasteiger partial charge in [-0.3, -0.25) is 0 Å². The molecule has 0 heterocycles. The third-order valence-corrected chi connectivity index (χ3v) is 8.01. The monoisotopic (exact) mass is 765 g/mol. The van der Waals surface area contributed by atoms with Gasteiger partial charge in [0.05, 0.1) is 133 Å². The summed E-state index contributed by atoms with van der Waals surface area (Å²) in [5.74, 6) is -0.377. The molecule has 15 heteroatoms. The number of carbonyl (C=O) groups is 2. The van der Waals surface area contributed by atoms with Gasteiger partial charge in [0.2, 0.25) is 0 Å². The fourth-order valence-electron chi connectivity index (χ4n) is 5.19. The maximum Gasteiger partial charge on any atom is 0.409 e. The molecule has 0 aromatic heterocycles. The quantitative estimate of drug-likeness (QED) is 0.0759. The van der Waals surface area contributed by atoms with Gasteiger partial charge in [0.25, 0.3) is 0 Å². The highest BCUT2D eigenvalue weighted by Crippen LogP contribution is 2.44. The first-order chi connectivity index (χ1) is 26.6. The van der Waals surface area contributed by atoms with E-state index in [0.717, 1.165) is 0 Å². The van der Waals surface area contributed by atoms with Crippen LogP contribution in [0.25, 0.3) is 11.1 Å². The maximum absolute atomic E-state index is 12.6. The molecule has 1 aliphatic carbocycles. The first-order valence-corrected chi connectivity index (χ1v) is 18.5. The minimum Gasteiger partial charge on any atom is -0.467 e. The summed E-state index contributed by atoms with van der Waals surface area (Å²) in [4.78, 5) is 25.0. The summed E-state index contributed by atoms with van der Waals surface area (Å²) in [6.45, 7) is 9.17. The van der Waals surface area contributed by atoms with Crippen LogP contribution in [-0.2, 0) is 61.6 Å². The zero-order valence-corrected chi connectivity index (χ0v) is 31.9. The van der Waals surface area contributed by atoms with Gasteiger partial charge in [-0.25, -0.2) is 9.59 Å². The molecule has 3 rings (SSSR count). The largest absolute Gasteiger partial charge is 0.467 e. The minimum atomic E-state index is -0.412. The van der Waals surface area contributed by atoms with Crippen molar-refractivity contribution < 1.29 is 66.4 Å². The normalized spacial score (nSPS) is 12.1. The Morgan fingerprint density at radius 2 is 0.833 bits per heavy atom. The van der Waals surface area contributed by atoms with Gasteiger partial charge in [0.1, 0.15) is 13.2 Å². The molecular weight excluding hydrogens is 706 g/mol. The maximum atomic E-state index is 12.6. The molecule has 0 radical (unpaired) electrons. The lowest BCUT2D eigenvalue weighted by Crippen LogP contribution is -2.32. The predicted octanol–water partition coefficient (Wildman–Crippen LogP) is 3.21. The fraction of sp³-hybridized carbons (Fsp3) is 0.641. The molecule has 0 aliphatic heterocycles. The van der Waals surface area contributed by atoms with Crippen molar-refractivity contribution in [3.05, 3.63) is 59.7 Å². The summed E-state index contributed by atoms with van der Waals surface area (Å²) in [6.07, 6.45) is -0.368. The minimum absolute atomic E-state index is 0.0350. The molecule has 0 bridgehead atoms. The van der Waals surface area contributed by atoms with E-state index in [0.29, 0.717) is 139 Å². The zero-order valence-electron chi connectivity index (χ0n) is 31.9. The Morgan fingerprint density at radius 1 is 0.500 bits per heavy atom. The standard InChI is InChI=1S/C39H59NO14/c1-40(39(42)54-31-37-35-9-5-3-7-33(35)34-8-4-6-10-36(34)37)11-12-44-13-14-45-15-16-46-17-18-47-19-20-48-21-22-49-23-24-50-25-26-51-27-28-52-29-30-53-32-38(41)43-2/h3-10,37H,11-32H2,1-2H3. The topological polar surface area (TPSA) is 148 Å². The molecule has 1 aliphatic rings. The van der Waals surface area contributed by atoms with E-state index < -0.39 is 5.97 Å². The van der Waals surface area contributed by atoms with Crippen molar-refractivity contribution in [2.45, 2.75) is 5.92 Å². The average Bonchev–Trinajstić information content (AvgIpc) is 3.52. The first kappa shape index (κ1) is 45.2. The van der Waals surface area contributed by atoms with E-state index in [4.69, 9.17) is 52.1 Å². The molecule has 0 unspecified atom stereocenters. The lowest BCUT2D eigenvalue weighted by molar-refractivity contribution is -0.146. The number of nitrogens with zero attached hydrogens (tertiary/aromatic N) is 1. The highest BCUT2D eigenvalue weighted by atomic mass is 16.6. The van der Waals surface area contributed by atoms with Crippen LogP contribution in [0.1, 0.15) is 17.0 Å². The number of esters is 1. The molecule has 0 fully saturated rings. The summed E-state index contributed by atoms with van der Waals surface area (Å²) < 4.78 is 64.5. The second-order valence-electron chi connectivity index (χ2n) is 11.9. The molecule has 15 nitrogen and oxygen atoms in total. The van der Waals surface area contributed by atoms with Gasteiger partial charge in [-0.15, -0.1) is 0 Å². The number of fused-ring (bicyclic) bond motifs is 3. The lowest BCUT2D eigenvalue weighted by Gasteiger charge is -2.19. The first-order valence-electron chi connectivity index (χ1n) is 18.5. The van der Waals surface area contributed by atoms with Crippen molar-refractivity contribution in [3.63, 3.8) is 0 Å². The molecule has 304 valence electrons. The highest BCUT2D eigenvalue weighted by Gasteiger charge is 2.29. The number of ether oxygens (including phenoxy) is 12. The Kier molecular flexibility index (Phi) is 25.1. The van der Waals surface area contributed by atoms with Crippen LogP contribution in [0.3, 0.4) is 0 Å². The van der Waals surface area contributed by atoms with Crippen molar-refractivity contribution in [2.75, 3.05) is 159 Å². The molecule has 0 N–H and O–H groups in total. The summed E-state index contributed by atoms with van der Waals surface area (Å²) in [5, 5.41) is 0. The molecule has 2 aromatic rings. The third kappa shape index (κ3) is 19.4. The van der Waals surface area contributed by atoms with Crippen LogP contribution in [0.2, 0.25) is 0 Å². The van der Waals surface area contributed by atoms with Crippen LogP contribution in [0, 0.1) is 0 Å². The fourth-order valence-corrected chi connectivity index (χ4v) is 5.19. The van der Waals surface area contributed by atoms with Crippen LogP contribution >= 0.6 is 0 Å². The Morgan fingerprint density at radius 3 is 1.20 bits per heavy atom. The molecule has 0 saturated heterocycles. The van der Waals surface area contributed by atoms with Crippen LogP contribution in [-0.4, -0.2) is 176 Å². The summed E-state index contributed by atoms with van der Waals surface area (Å²) in [7, 11) is 3.02. The van der Waals surface area contributed by atoms with E-state index in [-0.39, 0.29) is 18.6 Å². The molecule has 1 amide bonds. The highest BCUT2D eigenvalue weighted by molar-refractivity contribution is 5.79. The van der Waals surface area contributed by atoms with E-state index in [1.165, 1.54) is 34.3 Å². The van der Waals surface area contributed by atoms with E-state index in [9.17, 15) is 9.59 Å². The molecule has 2 aromatic carbocycles. The Hall–Kier alpha value is -3.22. The second-order valence-corrected chi connectivity index (χ2v) is 11.9. The van der Waals surface area contributed by atoms with Crippen molar-refractivity contribution in [2.24, 2.45) is 0 Å². The molecule has 0 saturated carbocycles. The average molecular weight is 766 g/mol. The van der Waals surface area contributed by atoms with Gasteiger partial charge in [-0.05, 0) is 22.3 Å². The van der Waals surface area contributed by atoms with Gasteiger partial charge in [0, 0.05) is 19.5 Å². The number of hydrogen-bond donors (Lipinski definition) is 0. The van der Waals surface area contributed by atoms with Crippen molar-refractivity contribution in [1.29, 1.82) is 0 Å². The molecule has 0 spiro atoms. The van der Waals surface area contributed by atoms with Gasteiger partial charge >= 0.3 is 12.1 Å². The van der Waals surface area contributed by atoms with E-state index >= 15 is 0 Å². The lowest BCUT2D eigenvalue weighted by atomic mass is 9.98. The number of methoxy groups -OCH3 is 1. The summed E-state index contributed by atoms with van der Waals surface area (Å²) >= 11 is 0. The Labute approximate surface area is 319 Å². The zero-order chi connectivity index (χ0) is 38.3. The van der Waals surface area contributed by atoms with Gasteiger partial charge in [-0.1, -0.05) is 48.5 Å². The van der Waals surface area contributed by atoms with Gasteiger partial charge in [-0.2, -0.15) is 0 Å². The number of likely N-dealkylation sites (N-methyl/N-ethyl adjacent to an activating group) is 1. The predicted molar refractivity (Wildman–Crippen MR) is 198 cm³/mol. The number of benzene rings is 2. The second kappa shape index (κ2) is 30.1. The van der Waals surface area contributed by atoms with Crippen LogP contribution in [0.4, 0.5) is 4.79 Å². The van der Waals surface area contributed by atoms with E-state index in [2.05, 4.69) is 29.0 Å². The van der Waals surface area contributed by atoms with Gasteiger partial charge in [0.15, 0.2) is 0 Å². The number of amides is 1. The molecular formula is C39H59NO14. The van der Waals surface area contributed by atoms with E-state index in [1.54, 1.807) is 7.05 Å². The Bertz CT molecular complexity index is 1220. The smallest absolute Gasteiger partial charge is 0.409 e. The number of hydrogen-bond acceptors (Lipinski definition) is 14. The SMILES string of the molecule is COC(=O)COCCOCCOCCOCCOCCOCCOCCOCCOCCOCCN(C)C(=O)OCC1c2ccccc2-c2ccccc21. The number of carbonyl (C=O) groups excluding carboxylic acids is 2. The van der Waals surface area contributed by atoms with Crippen molar-refractivity contribution in [3.8, 4) is 11.1 Å². The number of rotatable bonds is 34. The summed E-state index contributed by atoms with van der Waals surface area (Å²) in [5.41, 5.74) is 4.78. The van der Waals surface area contributed by atoms with Crippen molar-refractivity contribution in [1.82, 2.24) is 4.90 Å².